The third-order valence-corrected chi connectivity index (χ3v) is 1.67. The summed E-state index contributed by atoms with van der Waals surface area (Å²) in [5.41, 5.74) is 4.98. The molecule has 13 heavy (non-hydrogen) atoms. The molecule has 0 aromatic heterocycles. The molecule has 0 spiro atoms. The molecule has 1 aromatic rings. The normalized spacial score (nSPS) is 11.1. The van der Waals surface area contributed by atoms with Crippen molar-refractivity contribution in [3.05, 3.63) is 30.3 Å². The van der Waals surface area contributed by atoms with Crippen molar-refractivity contribution in [2.24, 2.45) is 5.10 Å². The molecule has 0 aliphatic heterocycles. The van der Waals surface area contributed by atoms with Gasteiger partial charge in [-0.15, -0.1) is 0 Å². The lowest BCUT2D eigenvalue weighted by molar-refractivity contribution is 1.33. The average molecular weight is 175 g/mol. The fourth-order valence-electron chi connectivity index (χ4n) is 0.745. The zero-order valence-corrected chi connectivity index (χ0v) is 7.83. The summed E-state index contributed by atoms with van der Waals surface area (Å²) < 4.78 is 0. The lowest BCUT2D eigenvalue weighted by Crippen LogP contribution is -2.06. The smallest absolute Gasteiger partial charge is 0.0780 e. The maximum absolute atomic E-state index is 7.30. The molecule has 0 radical (unpaired) electrons. The number of para-hydroxylation sites is 1. The molecule has 0 aliphatic carbocycles. The van der Waals surface area contributed by atoms with Crippen LogP contribution in [0.25, 0.3) is 0 Å². The molecule has 3 heteroatoms. The summed E-state index contributed by atoms with van der Waals surface area (Å²) in [5, 5.41) is 11.3. The van der Waals surface area contributed by atoms with Gasteiger partial charge < -0.3 is 5.41 Å². The van der Waals surface area contributed by atoms with E-state index >= 15 is 0 Å². The molecule has 0 unspecified atom stereocenters. The Labute approximate surface area is 78.0 Å². The van der Waals surface area contributed by atoms with Crippen molar-refractivity contribution in [2.45, 2.75) is 13.8 Å². The van der Waals surface area contributed by atoms with Crippen LogP contribution in [0.3, 0.4) is 0 Å². The Morgan fingerprint density at radius 2 is 1.85 bits per heavy atom. The predicted molar refractivity (Wildman–Crippen MR) is 56.6 cm³/mol. The highest BCUT2D eigenvalue weighted by Gasteiger charge is 1.92. The second kappa shape index (κ2) is 4.40. The van der Waals surface area contributed by atoms with Gasteiger partial charge in [-0.1, -0.05) is 18.2 Å². The van der Waals surface area contributed by atoms with E-state index in [1.54, 1.807) is 13.8 Å². The number of nitrogens with zero attached hydrogens (tertiary/aromatic N) is 1. The first-order chi connectivity index (χ1) is 6.20. The molecule has 0 atom stereocenters. The summed E-state index contributed by atoms with van der Waals surface area (Å²) in [6.07, 6.45) is 0. The summed E-state index contributed by atoms with van der Waals surface area (Å²) in [4.78, 5) is 0. The summed E-state index contributed by atoms with van der Waals surface area (Å²) in [6, 6.07) is 9.67. The van der Waals surface area contributed by atoms with Crippen molar-refractivity contribution >= 4 is 17.1 Å². The Morgan fingerprint density at radius 1 is 1.23 bits per heavy atom. The zero-order chi connectivity index (χ0) is 9.68. The van der Waals surface area contributed by atoms with Gasteiger partial charge in [0.1, 0.15) is 0 Å². The fraction of sp³-hybridized carbons (Fsp3) is 0.200. The molecule has 1 aromatic carbocycles. The van der Waals surface area contributed by atoms with E-state index in [9.17, 15) is 0 Å². The molecule has 0 saturated heterocycles. The Kier molecular flexibility index (Phi) is 3.20. The van der Waals surface area contributed by atoms with Gasteiger partial charge >= 0.3 is 0 Å². The summed E-state index contributed by atoms with van der Waals surface area (Å²) in [5.74, 6) is 0. The first kappa shape index (κ1) is 9.45. The van der Waals surface area contributed by atoms with Crippen LogP contribution >= 0.6 is 0 Å². The highest BCUT2D eigenvalue weighted by molar-refractivity contribution is 6.39. The largest absolute Gasteiger partial charge is 0.304 e. The summed E-state index contributed by atoms with van der Waals surface area (Å²) in [7, 11) is 0. The van der Waals surface area contributed by atoms with Crippen molar-refractivity contribution in [3.8, 4) is 0 Å². The lowest BCUT2D eigenvalue weighted by atomic mass is 10.3. The standard InChI is InChI=1S/C10H13N3/c1-8(11)9(2)12-13-10-6-4-3-5-7-10/h3-7,11,13H,1-2H3/b11-8?,12-9-. The predicted octanol–water partition coefficient (Wildman–Crippen LogP) is 2.51. The van der Waals surface area contributed by atoms with Crippen LogP contribution in [0.1, 0.15) is 13.8 Å². The van der Waals surface area contributed by atoms with E-state index in [1.807, 2.05) is 30.3 Å². The lowest BCUT2D eigenvalue weighted by Gasteiger charge is -2.00. The van der Waals surface area contributed by atoms with Gasteiger partial charge in [-0.25, -0.2) is 0 Å². The van der Waals surface area contributed by atoms with E-state index in [2.05, 4.69) is 10.5 Å². The number of hydrazone groups is 1. The molecule has 68 valence electrons. The summed E-state index contributed by atoms with van der Waals surface area (Å²) in [6.45, 7) is 3.52. The molecule has 2 N–H and O–H groups in total. The van der Waals surface area contributed by atoms with Gasteiger partial charge in [0.05, 0.1) is 17.1 Å². The molecular weight excluding hydrogens is 162 g/mol. The Hall–Kier alpha value is -1.64. The van der Waals surface area contributed by atoms with Crippen LogP contribution in [-0.2, 0) is 0 Å². The quantitative estimate of drug-likeness (QED) is 0.538. The van der Waals surface area contributed by atoms with E-state index < -0.39 is 0 Å². The van der Waals surface area contributed by atoms with E-state index in [4.69, 9.17) is 5.41 Å². The topological polar surface area (TPSA) is 48.2 Å². The van der Waals surface area contributed by atoms with Crippen LogP contribution in [0.15, 0.2) is 35.4 Å². The molecule has 3 nitrogen and oxygen atoms in total. The first-order valence-corrected chi connectivity index (χ1v) is 4.11. The van der Waals surface area contributed by atoms with Crippen LogP contribution in [0.4, 0.5) is 5.69 Å². The van der Waals surface area contributed by atoms with Crippen LogP contribution in [0.5, 0.6) is 0 Å². The number of nitrogens with one attached hydrogen (secondary N) is 2. The molecule has 0 aliphatic rings. The minimum absolute atomic E-state index is 0.475. The van der Waals surface area contributed by atoms with Crippen LogP contribution in [-0.4, -0.2) is 11.4 Å². The van der Waals surface area contributed by atoms with E-state index in [1.165, 1.54) is 0 Å². The number of hydrogen-bond donors (Lipinski definition) is 2. The molecule has 0 saturated carbocycles. The van der Waals surface area contributed by atoms with Gasteiger partial charge in [-0.3, -0.25) is 5.43 Å². The van der Waals surface area contributed by atoms with Crippen molar-refractivity contribution < 1.29 is 0 Å². The van der Waals surface area contributed by atoms with Gasteiger partial charge in [-0.05, 0) is 26.0 Å². The number of anilines is 1. The Morgan fingerprint density at radius 3 is 2.38 bits per heavy atom. The van der Waals surface area contributed by atoms with Crippen molar-refractivity contribution in [3.63, 3.8) is 0 Å². The number of hydrogen-bond acceptors (Lipinski definition) is 3. The van der Waals surface area contributed by atoms with Crippen molar-refractivity contribution in [1.82, 2.24) is 0 Å². The Bertz CT molecular complexity index is 314. The SMILES string of the molecule is CC(=N)/C(C)=N\Nc1ccccc1. The number of rotatable bonds is 3. The van der Waals surface area contributed by atoms with Gasteiger partial charge in [0.2, 0.25) is 0 Å². The molecule has 0 bridgehead atoms. The molecule has 0 fully saturated rings. The maximum atomic E-state index is 7.30. The summed E-state index contributed by atoms with van der Waals surface area (Å²) >= 11 is 0. The van der Waals surface area contributed by atoms with E-state index in [0.717, 1.165) is 5.69 Å². The fourth-order valence-corrected chi connectivity index (χ4v) is 0.745. The minimum atomic E-state index is 0.475. The minimum Gasteiger partial charge on any atom is -0.304 e. The van der Waals surface area contributed by atoms with E-state index in [-0.39, 0.29) is 0 Å². The Balaban J connectivity index is 2.62. The van der Waals surface area contributed by atoms with E-state index in [0.29, 0.717) is 11.4 Å². The second-order valence-corrected chi connectivity index (χ2v) is 2.80. The maximum Gasteiger partial charge on any atom is 0.0780 e. The van der Waals surface area contributed by atoms with Gasteiger partial charge in [0.15, 0.2) is 0 Å². The first-order valence-electron chi connectivity index (χ1n) is 4.11. The van der Waals surface area contributed by atoms with Gasteiger partial charge in [-0.2, -0.15) is 5.10 Å². The molecular formula is C10H13N3. The van der Waals surface area contributed by atoms with Crippen molar-refractivity contribution in [1.29, 1.82) is 5.41 Å². The highest BCUT2D eigenvalue weighted by atomic mass is 15.3. The van der Waals surface area contributed by atoms with Crippen LogP contribution in [0.2, 0.25) is 0 Å². The second-order valence-electron chi connectivity index (χ2n) is 2.80. The highest BCUT2D eigenvalue weighted by Crippen LogP contribution is 2.04. The zero-order valence-electron chi connectivity index (χ0n) is 7.83. The average Bonchev–Trinajstić information content (AvgIpc) is 2.15. The molecule has 0 heterocycles. The monoisotopic (exact) mass is 175 g/mol. The third kappa shape index (κ3) is 3.07. The van der Waals surface area contributed by atoms with Crippen LogP contribution < -0.4 is 5.43 Å². The van der Waals surface area contributed by atoms with Gasteiger partial charge in [0, 0.05) is 0 Å². The molecule has 1 rings (SSSR count). The van der Waals surface area contributed by atoms with Crippen LogP contribution in [0, 0.1) is 5.41 Å². The molecule has 0 amide bonds. The third-order valence-electron chi connectivity index (χ3n) is 1.67. The van der Waals surface area contributed by atoms with Gasteiger partial charge in [0.25, 0.3) is 0 Å². The number of benzene rings is 1. The van der Waals surface area contributed by atoms with Crippen molar-refractivity contribution in [2.75, 3.05) is 5.43 Å².